The summed E-state index contributed by atoms with van der Waals surface area (Å²) in [6.07, 6.45) is 0.987. The van der Waals surface area contributed by atoms with Crippen molar-refractivity contribution in [2.24, 2.45) is 0 Å². The molecule has 1 saturated heterocycles. The van der Waals surface area contributed by atoms with Gasteiger partial charge in [0.25, 0.3) is 11.5 Å². The second kappa shape index (κ2) is 7.33. The molecule has 3 heterocycles. The van der Waals surface area contributed by atoms with Crippen LogP contribution in [0.2, 0.25) is 0 Å². The Morgan fingerprint density at radius 2 is 1.93 bits per heavy atom. The second-order valence-corrected chi connectivity index (χ2v) is 7.71. The number of nitrogens with zero attached hydrogens (tertiary/aromatic N) is 2. The normalized spacial score (nSPS) is 16.6. The van der Waals surface area contributed by atoms with E-state index in [1.165, 1.54) is 16.0 Å². The average molecular weight is 391 g/mol. The number of rotatable bonds is 3. The number of aromatic nitrogens is 2. The number of fused-ring (bicyclic) bond motifs is 2. The third kappa shape index (κ3) is 3.38. The summed E-state index contributed by atoms with van der Waals surface area (Å²) in [4.78, 5) is 28.3. The smallest absolute Gasteiger partial charge is 0.275 e. The molecule has 1 amide bonds. The lowest BCUT2D eigenvalue weighted by Crippen LogP contribution is -3.13. The molecule has 1 aromatic heterocycles. The third-order valence-corrected chi connectivity index (χ3v) is 5.86. The van der Waals surface area contributed by atoms with E-state index in [2.05, 4.69) is 28.4 Å². The van der Waals surface area contributed by atoms with Gasteiger partial charge in [-0.1, -0.05) is 18.2 Å². The van der Waals surface area contributed by atoms with Gasteiger partial charge in [-0.15, -0.1) is 0 Å². The Labute approximate surface area is 167 Å². The van der Waals surface area contributed by atoms with Gasteiger partial charge in [0.1, 0.15) is 12.3 Å². The summed E-state index contributed by atoms with van der Waals surface area (Å²) in [6.45, 7) is 4.87. The zero-order chi connectivity index (χ0) is 19.8. The molecule has 2 aliphatic heterocycles. The summed E-state index contributed by atoms with van der Waals surface area (Å²) in [5.74, 6) is 0.894. The summed E-state index contributed by atoms with van der Waals surface area (Å²) in [5, 5.41) is 7.61. The van der Waals surface area contributed by atoms with Gasteiger partial charge in [-0.05, 0) is 29.8 Å². The van der Waals surface area contributed by atoms with Crippen LogP contribution in [0, 0.1) is 0 Å². The molecule has 2 aliphatic rings. The molecular weight excluding hydrogens is 368 g/mol. The third-order valence-electron chi connectivity index (χ3n) is 5.86. The highest BCUT2D eigenvalue weighted by atomic mass is 16.5. The van der Waals surface area contributed by atoms with Crippen LogP contribution >= 0.6 is 0 Å². The zero-order valence-corrected chi connectivity index (χ0v) is 16.1. The van der Waals surface area contributed by atoms with Crippen molar-refractivity contribution in [2.75, 3.05) is 32.8 Å². The van der Waals surface area contributed by atoms with Crippen molar-refractivity contribution >= 4 is 16.7 Å². The maximum absolute atomic E-state index is 13.0. The molecule has 2 aromatic carbocycles. The Hall–Kier alpha value is -3.19. The van der Waals surface area contributed by atoms with E-state index in [-0.39, 0.29) is 11.5 Å². The predicted octanol–water partition coefficient (Wildman–Crippen LogP) is 0.399. The molecule has 0 atom stereocenters. The molecular formula is C22H23N4O3+. The lowest BCUT2D eigenvalue weighted by Gasteiger charge is -2.32. The number of quaternary nitrogens is 1. The van der Waals surface area contributed by atoms with Crippen molar-refractivity contribution in [3.05, 3.63) is 69.6 Å². The number of amides is 1. The van der Waals surface area contributed by atoms with Gasteiger partial charge in [-0.3, -0.25) is 9.59 Å². The fraction of sp³-hybridized carbons (Fsp3) is 0.318. The first-order chi connectivity index (χ1) is 14.2. The predicted molar refractivity (Wildman–Crippen MR) is 108 cm³/mol. The number of ether oxygens (including phenoxy) is 1. The molecule has 1 fully saturated rings. The minimum Gasteiger partial charge on any atom is -0.493 e. The van der Waals surface area contributed by atoms with E-state index >= 15 is 0 Å². The van der Waals surface area contributed by atoms with Gasteiger partial charge in [-0.2, -0.15) is 5.10 Å². The number of hydrogen-bond donors (Lipinski definition) is 2. The van der Waals surface area contributed by atoms with Crippen molar-refractivity contribution in [2.45, 2.75) is 13.0 Å². The van der Waals surface area contributed by atoms with Crippen molar-refractivity contribution in [1.29, 1.82) is 0 Å². The highest BCUT2D eigenvalue weighted by Gasteiger charge is 2.27. The van der Waals surface area contributed by atoms with Crippen LogP contribution in [0.3, 0.4) is 0 Å². The zero-order valence-electron chi connectivity index (χ0n) is 16.1. The maximum atomic E-state index is 13.0. The van der Waals surface area contributed by atoms with Gasteiger partial charge >= 0.3 is 0 Å². The molecule has 7 heteroatoms. The number of hydrogen-bond acceptors (Lipinski definition) is 4. The first-order valence-corrected chi connectivity index (χ1v) is 10.0. The molecule has 0 radical (unpaired) electrons. The van der Waals surface area contributed by atoms with Gasteiger partial charge in [-0.25, -0.2) is 5.10 Å². The van der Waals surface area contributed by atoms with Crippen LogP contribution in [0.4, 0.5) is 0 Å². The van der Waals surface area contributed by atoms with E-state index in [1.54, 1.807) is 18.2 Å². The number of carbonyl (C=O) groups excluding carboxylic acids is 1. The Kier molecular flexibility index (Phi) is 4.52. The number of aromatic amines is 1. The average Bonchev–Trinajstić information content (AvgIpc) is 3.22. The lowest BCUT2D eigenvalue weighted by molar-refractivity contribution is -0.917. The van der Waals surface area contributed by atoms with E-state index in [0.717, 1.165) is 38.4 Å². The van der Waals surface area contributed by atoms with Crippen LogP contribution in [0.1, 0.15) is 21.6 Å². The number of carbonyl (C=O) groups is 1. The van der Waals surface area contributed by atoms with E-state index < -0.39 is 0 Å². The minimum absolute atomic E-state index is 0.119. The lowest BCUT2D eigenvalue weighted by atomic mass is 10.1. The molecule has 0 saturated carbocycles. The first kappa shape index (κ1) is 17.9. The van der Waals surface area contributed by atoms with Gasteiger partial charge in [0.05, 0.1) is 38.2 Å². The molecule has 0 unspecified atom stereocenters. The highest BCUT2D eigenvalue weighted by Crippen LogP contribution is 2.25. The van der Waals surface area contributed by atoms with Crippen molar-refractivity contribution < 1.29 is 14.4 Å². The van der Waals surface area contributed by atoms with Gasteiger partial charge in [0.2, 0.25) is 0 Å². The van der Waals surface area contributed by atoms with Gasteiger partial charge < -0.3 is 14.5 Å². The monoisotopic (exact) mass is 391 g/mol. The number of nitrogens with one attached hydrogen (secondary N) is 2. The molecule has 0 spiro atoms. The highest BCUT2D eigenvalue weighted by molar-refractivity contribution is 6.04. The summed E-state index contributed by atoms with van der Waals surface area (Å²) in [6, 6.07) is 13.6. The SMILES string of the molecule is O=C(c1n[nH]c(=O)c2ccccc12)N1CC[NH+](Cc2ccc3c(c2)CCO3)CC1. The van der Waals surface area contributed by atoms with E-state index in [9.17, 15) is 9.59 Å². The number of benzene rings is 2. The molecule has 5 rings (SSSR count). The second-order valence-electron chi connectivity index (χ2n) is 7.71. The summed E-state index contributed by atoms with van der Waals surface area (Å²) >= 11 is 0. The quantitative estimate of drug-likeness (QED) is 0.677. The number of piperazine rings is 1. The maximum Gasteiger partial charge on any atom is 0.275 e. The Morgan fingerprint density at radius 1 is 1.14 bits per heavy atom. The van der Waals surface area contributed by atoms with Gasteiger partial charge in [0.15, 0.2) is 5.69 Å². The topological polar surface area (TPSA) is 79.7 Å². The molecule has 148 valence electrons. The standard InChI is InChI=1S/C22H22N4O3/c27-21-18-4-2-1-3-17(18)20(23-24-21)22(28)26-10-8-25(9-11-26)14-15-5-6-19-16(13-15)7-12-29-19/h1-6,13H,7-12,14H2,(H,24,27)/p+1. The fourth-order valence-corrected chi connectivity index (χ4v) is 4.27. The summed E-state index contributed by atoms with van der Waals surface area (Å²) in [5.41, 5.74) is 2.66. The van der Waals surface area contributed by atoms with Crippen molar-refractivity contribution in [3.8, 4) is 5.75 Å². The van der Waals surface area contributed by atoms with Gasteiger partial charge in [0, 0.05) is 17.4 Å². The molecule has 7 nitrogen and oxygen atoms in total. The number of H-pyrrole nitrogens is 1. The Balaban J connectivity index is 1.27. The van der Waals surface area contributed by atoms with Crippen LogP contribution < -0.4 is 15.2 Å². The molecule has 29 heavy (non-hydrogen) atoms. The van der Waals surface area contributed by atoms with Crippen LogP contribution in [0.25, 0.3) is 10.8 Å². The summed E-state index contributed by atoms with van der Waals surface area (Å²) < 4.78 is 5.58. The van der Waals surface area contributed by atoms with Crippen molar-refractivity contribution in [1.82, 2.24) is 15.1 Å². The largest absolute Gasteiger partial charge is 0.493 e. The van der Waals surface area contributed by atoms with Crippen LogP contribution in [0.15, 0.2) is 47.3 Å². The van der Waals surface area contributed by atoms with Crippen molar-refractivity contribution in [3.63, 3.8) is 0 Å². The molecule has 3 aromatic rings. The first-order valence-electron chi connectivity index (χ1n) is 10.0. The van der Waals surface area contributed by atoms with Crippen LogP contribution in [0.5, 0.6) is 5.75 Å². The Bertz CT molecular complexity index is 1130. The van der Waals surface area contributed by atoms with E-state index in [0.29, 0.717) is 29.6 Å². The summed E-state index contributed by atoms with van der Waals surface area (Å²) in [7, 11) is 0. The fourth-order valence-electron chi connectivity index (χ4n) is 4.27. The van der Waals surface area contributed by atoms with Crippen LogP contribution in [-0.4, -0.2) is 53.8 Å². The minimum atomic E-state index is -0.272. The molecule has 0 aliphatic carbocycles. The van der Waals surface area contributed by atoms with Crippen LogP contribution in [-0.2, 0) is 13.0 Å². The van der Waals surface area contributed by atoms with E-state index in [4.69, 9.17) is 4.74 Å². The Morgan fingerprint density at radius 3 is 2.76 bits per heavy atom. The molecule has 2 N–H and O–H groups in total. The molecule has 0 bridgehead atoms. The van der Waals surface area contributed by atoms with E-state index in [1.807, 2.05) is 11.0 Å².